The van der Waals surface area contributed by atoms with Crippen LogP contribution in [0.15, 0.2) is 45.3 Å². The number of rotatable bonds is 3. The molecule has 0 unspecified atom stereocenters. The largest absolute Gasteiger partial charge is 0.399 e. The second kappa shape index (κ2) is 6.07. The summed E-state index contributed by atoms with van der Waals surface area (Å²) in [6, 6.07) is 10.7. The number of hydrogen-bond donors (Lipinski definition) is 1. The molecule has 0 aliphatic heterocycles. The summed E-state index contributed by atoms with van der Waals surface area (Å²) in [5, 5.41) is 0.572. The zero-order valence-corrected chi connectivity index (χ0v) is 13.7. The molecule has 0 aromatic heterocycles. The molecular formula is C14H10Br2ClNO. The van der Waals surface area contributed by atoms with Gasteiger partial charge < -0.3 is 5.73 Å². The Morgan fingerprint density at radius 1 is 1.16 bits per heavy atom. The lowest BCUT2D eigenvalue weighted by Crippen LogP contribution is -2.05. The third-order valence-corrected chi connectivity index (χ3v) is 4.19. The zero-order valence-electron chi connectivity index (χ0n) is 9.79. The number of anilines is 1. The van der Waals surface area contributed by atoms with Crippen LogP contribution in [0.2, 0.25) is 5.02 Å². The Morgan fingerprint density at radius 2 is 1.89 bits per heavy atom. The van der Waals surface area contributed by atoms with Gasteiger partial charge in [-0.15, -0.1) is 0 Å². The van der Waals surface area contributed by atoms with Gasteiger partial charge in [0.05, 0.1) is 0 Å². The Labute approximate surface area is 133 Å². The fourth-order valence-electron chi connectivity index (χ4n) is 1.69. The maximum Gasteiger partial charge on any atom is 0.168 e. The topological polar surface area (TPSA) is 43.1 Å². The molecule has 2 aromatic rings. The van der Waals surface area contributed by atoms with E-state index in [2.05, 4.69) is 31.9 Å². The predicted octanol–water partition coefficient (Wildman–Crippen LogP) is 4.87. The molecule has 2 rings (SSSR count). The minimum Gasteiger partial charge on any atom is -0.399 e. The van der Waals surface area contributed by atoms with E-state index in [4.69, 9.17) is 17.3 Å². The molecule has 0 atom stereocenters. The van der Waals surface area contributed by atoms with Crippen molar-refractivity contribution in [3.63, 3.8) is 0 Å². The van der Waals surface area contributed by atoms with Crippen LogP contribution in [0.3, 0.4) is 0 Å². The van der Waals surface area contributed by atoms with Gasteiger partial charge in [-0.1, -0.05) is 49.5 Å². The minimum absolute atomic E-state index is 0.0246. The van der Waals surface area contributed by atoms with Gasteiger partial charge in [0.15, 0.2) is 5.78 Å². The van der Waals surface area contributed by atoms with Crippen molar-refractivity contribution in [1.29, 1.82) is 0 Å². The standard InChI is InChI=1S/C14H10Br2ClNO/c15-9-2-1-8(13(17)6-9)5-14(19)11-7-10(18)3-4-12(11)16/h1-4,6-7H,5,18H2. The molecule has 19 heavy (non-hydrogen) atoms. The number of nitrogens with two attached hydrogens (primary N) is 1. The number of nitrogen functional groups attached to an aromatic ring is 1. The summed E-state index contributed by atoms with van der Waals surface area (Å²) in [6.45, 7) is 0. The molecule has 98 valence electrons. The second-order valence-electron chi connectivity index (χ2n) is 4.07. The Morgan fingerprint density at radius 3 is 2.58 bits per heavy atom. The lowest BCUT2D eigenvalue weighted by Gasteiger charge is -2.07. The third kappa shape index (κ3) is 3.59. The van der Waals surface area contributed by atoms with Crippen molar-refractivity contribution >= 4 is 54.9 Å². The van der Waals surface area contributed by atoms with Crippen LogP contribution in [-0.2, 0) is 6.42 Å². The average Bonchev–Trinajstić information content (AvgIpc) is 2.35. The van der Waals surface area contributed by atoms with E-state index in [0.29, 0.717) is 16.3 Å². The third-order valence-electron chi connectivity index (χ3n) is 2.66. The fraction of sp³-hybridized carbons (Fsp3) is 0.0714. The minimum atomic E-state index is -0.0246. The molecule has 2 N–H and O–H groups in total. The van der Waals surface area contributed by atoms with Crippen molar-refractivity contribution in [2.75, 3.05) is 5.73 Å². The summed E-state index contributed by atoms with van der Waals surface area (Å²) < 4.78 is 1.62. The summed E-state index contributed by atoms with van der Waals surface area (Å²) in [6.07, 6.45) is 0.244. The van der Waals surface area contributed by atoms with Crippen LogP contribution in [-0.4, -0.2) is 5.78 Å². The van der Waals surface area contributed by atoms with Crippen molar-refractivity contribution in [3.8, 4) is 0 Å². The summed E-state index contributed by atoms with van der Waals surface area (Å²) in [5.41, 5.74) is 7.63. The summed E-state index contributed by atoms with van der Waals surface area (Å²) in [4.78, 5) is 12.3. The normalized spacial score (nSPS) is 10.5. The van der Waals surface area contributed by atoms with Crippen molar-refractivity contribution in [3.05, 3.63) is 61.5 Å². The monoisotopic (exact) mass is 401 g/mol. The second-order valence-corrected chi connectivity index (χ2v) is 6.25. The maximum absolute atomic E-state index is 12.3. The first-order valence-electron chi connectivity index (χ1n) is 5.49. The number of benzene rings is 2. The van der Waals surface area contributed by atoms with E-state index in [0.717, 1.165) is 14.5 Å². The molecule has 0 bridgehead atoms. The Balaban J connectivity index is 2.28. The van der Waals surface area contributed by atoms with Crippen molar-refractivity contribution < 1.29 is 4.79 Å². The van der Waals surface area contributed by atoms with Gasteiger partial charge in [0, 0.05) is 31.6 Å². The van der Waals surface area contributed by atoms with Crippen LogP contribution in [0.5, 0.6) is 0 Å². The first kappa shape index (κ1) is 14.6. The van der Waals surface area contributed by atoms with E-state index in [1.54, 1.807) is 24.3 Å². The van der Waals surface area contributed by atoms with Crippen LogP contribution in [0, 0.1) is 0 Å². The zero-order chi connectivity index (χ0) is 14.0. The lowest BCUT2D eigenvalue weighted by molar-refractivity contribution is 0.0992. The molecule has 0 fully saturated rings. The highest BCUT2D eigenvalue weighted by atomic mass is 79.9. The molecule has 0 heterocycles. The van der Waals surface area contributed by atoms with Crippen molar-refractivity contribution in [2.45, 2.75) is 6.42 Å². The van der Waals surface area contributed by atoms with Gasteiger partial charge >= 0.3 is 0 Å². The van der Waals surface area contributed by atoms with E-state index >= 15 is 0 Å². The van der Waals surface area contributed by atoms with Crippen molar-refractivity contribution in [1.82, 2.24) is 0 Å². The first-order valence-corrected chi connectivity index (χ1v) is 7.46. The average molecular weight is 404 g/mol. The molecule has 2 aromatic carbocycles. The highest BCUT2D eigenvalue weighted by Crippen LogP contribution is 2.25. The number of hydrogen-bond acceptors (Lipinski definition) is 2. The van der Waals surface area contributed by atoms with Gasteiger partial charge in [-0.05, 0) is 35.9 Å². The predicted molar refractivity (Wildman–Crippen MR) is 85.7 cm³/mol. The van der Waals surface area contributed by atoms with Crippen LogP contribution in [0.4, 0.5) is 5.69 Å². The van der Waals surface area contributed by atoms with E-state index in [1.807, 2.05) is 12.1 Å². The smallest absolute Gasteiger partial charge is 0.168 e. The summed E-state index contributed by atoms with van der Waals surface area (Å²) >= 11 is 12.8. The quantitative estimate of drug-likeness (QED) is 0.587. The molecular weight excluding hydrogens is 393 g/mol. The van der Waals surface area contributed by atoms with Crippen LogP contribution >= 0.6 is 43.5 Å². The molecule has 0 amide bonds. The van der Waals surface area contributed by atoms with E-state index in [1.165, 1.54) is 0 Å². The van der Waals surface area contributed by atoms with Crippen molar-refractivity contribution in [2.24, 2.45) is 0 Å². The number of carbonyl (C=O) groups excluding carboxylic acids is 1. The Kier molecular flexibility index (Phi) is 4.66. The number of Topliss-reactive ketones (excluding diaryl/α,β-unsaturated/α-hetero) is 1. The maximum atomic E-state index is 12.3. The Bertz CT molecular complexity index is 643. The fourth-order valence-corrected chi connectivity index (χ4v) is 2.90. The lowest BCUT2D eigenvalue weighted by atomic mass is 10.0. The highest BCUT2D eigenvalue weighted by Gasteiger charge is 2.13. The summed E-state index contributed by atoms with van der Waals surface area (Å²) in [7, 11) is 0. The molecule has 0 aliphatic rings. The van der Waals surface area contributed by atoms with E-state index in [-0.39, 0.29) is 12.2 Å². The highest BCUT2D eigenvalue weighted by molar-refractivity contribution is 9.10. The number of ketones is 1. The molecule has 0 radical (unpaired) electrons. The van der Waals surface area contributed by atoms with Gasteiger partial charge in [-0.25, -0.2) is 0 Å². The van der Waals surface area contributed by atoms with Gasteiger partial charge in [0.2, 0.25) is 0 Å². The molecule has 5 heteroatoms. The van der Waals surface area contributed by atoms with Gasteiger partial charge in [0.1, 0.15) is 0 Å². The van der Waals surface area contributed by atoms with Crippen LogP contribution < -0.4 is 5.73 Å². The van der Waals surface area contributed by atoms with Gasteiger partial charge in [0.25, 0.3) is 0 Å². The first-order chi connectivity index (χ1) is 8.97. The summed E-state index contributed by atoms with van der Waals surface area (Å²) in [5.74, 6) is -0.0246. The SMILES string of the molecule is Nc1ccc(Br)c(C(=O)Cc2ccc(Br)cc2Cl)c1. The number of carbonyl (C=O) groups is 1. The van der Waals surface area contributed by atoms with E-state index < -0.39 is 0 Å². The molecule has 2 nitrogen and oxygen atoms in total. The molecule has 0 spiro atoms. The molecule has 0 saturated heterocycles. The van der Waals surface area contributed by atoms with E-state index in [9.17, 15) is 4.79 Å². The molecule has 0 aliphatic carbocycles. The Hall–Kier alpha value is -0.840. The van der Waals surface area contributed by atoms with Crippen LogP contribution in [0.1, 0.15) is 15.9 Å². The number of halogens is 3. The van der Waals surface area contributed by atoms with Gasteiger partial charge in [-0.2, -0.15) is 0 Å². The van der Waals surface area contributed by atoms with Gasteiger partial charge in [-0.3, -0.25) is 4.79 Å². The molecule has 0 saturated carbocycles. The van der Waals surface area contributed by atoms with Crippen LogP contribution in [0.25, 0.3) is 0 Å².